The molecule has 0 aliphatic heterocycles. The molecule has 0 N–H and O–H groups in total. The number of benzene rings is 2. The van der Waals surface area contributed by atoms with Crippen LogP contribution in [0.5, 0.6) is 17.2 Å². The molecule has 7 nitrogen and oxygen atoms in total. The molecule has 7 heteroatoms. The fourth-order valence-electron chi connectivity index (χ4n) is 2.38. The number of nitriles is 1. The van der Waals surface area contributed by atoms with Crippen LogP contribution < -0.4 is 14.2 Å². The largest absolute Gasteiger partial charge is 0.493 e. The Hall–Kier alpha value is -3.53. The predicted octanol–water partition coefficient (Wildman–Crippen LogP) is 3.68. The van der Waals surface area contributed by atoms with E-state index in [0.29, 0.717) is 22.8 Å². The van der Waals surface area contributed by atoms with E-state index in [1.807, 2.05) is 6.07 Å². The van der Waals surface area contributed by atoms with Crippen LogP contribution >= 0.6 is 0 Å². The van der Waals surface area contributed by atoms with Crippen LogP contribution in [0.1, 0.15) is 11.1 Å². The second kappa shape index (κ2) is 7.84. The fourth-order valence-corrected chi connectivity index (χ4v) is 2.38. The van der Waals surface area contributed by atoms with Crippen LogP contribution in [0.25, 0.3) is 11.6 Å². The molecule has 128 valence electrons. The molecule has 0 bridgehead atoms. The Kier molecular flexibility index (Phi) is 5.58. The molecule has 0 radical (unpaired) electrons. The number of methoxy groups -OCH3 is 3. The molecule has 0 heterocycles. The van der Waals surface area contributed by atoms with Gasteiger partial charge >= 0.3 is 0 Å². The SMILES string of the molecule is COc1cc(C=C(C#N)c2ccccc2[N+](=O)[O-])cc(OC)c1OC. The van der Waals surface area contributed by atoms with Crippen molar-refractivity contribution in [1.29, 1.82) is 5.26 Å². The maximum absolute atomic E-state index is 11.2. The first kappa shape index (κ1) is 17.8. The van der Waals surface area contributed by atoms with Crippen LogP contribution in [0, 0.1) is 21.4 Å². The molecule has 0 amide bonds. The third kappa shape index (κ3) is 3.70. The third-order valence-corrected chi connectivity index (χ3v) is 3.51. The summed E-state index contributed by atoms with van der Waals surface area (Å²) in [6, 6.07) is 11.4. The van der Waals surface area contributed by atoms with Gasteiger partial charge in [-0.25, -0.2) is 0 Å². The Morgan fingerprint density at radius 1 is 1.12 bits per heavy atom. The van der Waals surface area contributed by atoms with Gasteiger partial charge in [0.2, 0.25) is 5.75 Å². The van der Waals surface area contributed by atoms with E-state index in [1.54, 1.807) is 24.3 Å². The van der Waals surface area contributed by atoms with E-state index in [1.165, 1.54) is 39.5 Å². The summed E-state index contributed by atoms with van der Waals surface area (Å²) in [5.41, 5.74) is 0.845. The maximum atomic E-state index is 11.2. The summed E-state index contributed by atoms with van der Waals surface area (Å²) in [5.74, 6) is 1.27. The molecule has 0 aliphatic carbocycles. The van der Waals surface area contributed by atoms with Crippen LogP contribution in [0.4, 0.5) is 5.69 Å². The van der Waals surface area contributed by atoms with Gasteiger partial charge in [-0.05, 0) is 29.8 Å². The number of nitro groups is 1. The van der Waals surface area contributed by atoms with Crippen LogP contribution in [-0.4, -0.2) is 26.3 Å². The van der Waals surface area contributed by atoms with Gasteiger partial charge in [0.25, 0.3) is 5.69 Å². The van der Waals surface area contributed by atoms with Crippen molar-refractivity contribution in [3.05, 3.63) is 57.6 Å². The van der Waals surface area contributed by atoms with Crippen molar-refractivity contribution in [2.45, 2.75) is 0 Å². The number of para-hydroxylation sites is 1. The van der Waals surface area contributed by atoms with Crippen LogP contribution in [0.2, 0.25) is 0 Å². The number of nitrogens with zero attached hydrogens (tertiary/aromatic N) is 2. The summed E-state index contributed by atoms with van der Waals surface area (Å²) in [7, 11) is 4.46. The highest BCUT2D eigenvalue weighted by molar-refractivity contribution is 5.93. The maximum Gasteiger partial charge on any atom is 0.277 e. The second-order valence-corrected chi connectivity index (χ2v) is 4.90. The van der Waals surface area contributed by atoms with Gasteiger partial charge in [0.1, 0.15) is 6.07 Å². The lowest BCUT2D eigenvalue weighted by atomic mass is 10.0. The van der Waals surface area contributed by atoms with E-state index in [-0.39, 0.29) is 16.8 Å². The fraction of sp³-hybridized carbons (Fsp3) is 0.167. The Morgan fingerprint density at radius 2 is 1.72 bits per heavy atom. The number of hydrogen-bond acceptors (Lipinski definition) is 6. The van der Waals surface area contributed by atoms with Crippen LogP contribution in [-0.2, 0) is 0 Å². The zero-order valence-electron chi connectivity index (χ0n) is 14.0. The van der Waals surface area contributed by atoms with Crippen molar-refractivity contribution in [1.82, 2.24) is 0 Å². The molecule has 0 fully saturated rings. The second-order valence-electron chi connectivity index (χ2n) is 4.90. The lowest BCUT2D eigenvalue weighted by Gasteiger charge is -2.13. The summed E-state index contributed by atoms with van der Waals surface area (Å²) >= 11 is 0. The first-order valence-electron chi connectivity index (χ1n) is 7.21. The first-order valence-corrected chi connectivity index (χ1v) is 7.21. The molecule has 25 heavy (non-hydrogen) atoms. The monoisotopic (exact) mass is 340 g/mol. The van der Waals surface area contributed by atoms with Crippen molar-refractivity contribution < 1.29 is 19.1 Å². The van der Waals surface area contributed by atoms with Crippen molar-refractivity contribution >= 4 is 17.3 Å². The predicted molar refractivity (Wildman–Crippen MR) is 92.7 cm³/mol. The molecular weight excluding hydrogens is 324 g/mol. The Labute approximate surface area is 144 Å². The van der Waals surface area contributed by atoms with E-state index in [0.717, 1.165) is 0 Å². The highest BCUT2D eigenvalue weighted by Gasteiger charge is 2.17. The van der Waals surface area contributed by atoms with Gasteiger partial charge in [0.15, 0.2) is 11.5 Å². The molecular formula is C18H16N2O5. The van der Waals surface area contributed by atoms with Gasteiger partial charge in [-0.1, -0.05) is 12.1 Å². The minimum atomic E-state index is -0.518. The lowest BCUT2D eigenvalue weighted by molar-refractivity contribution is -0.385. The normalized spacial score (nSPS) is 10.7. The van der Waals surface area contributed by atoms with E-state index in [4.69, 9.17) is 14.2 Å². The number of rotatable bonds is 6. The molecule has 0 aromatic heterocycles. The van der Waals surface area contributed by atoms with E-state index in [9.17, 15) is 15.4 Å². The zero-order chi connectivity index (χ0) is 18.4. The molecule has 0 saturated heterocycles. The molecule has 0 atom stereocenters. The summed E-state index contributed by atoms with van der Waals surface area (Å²) in [6.07, 6.45) is 1.53. The molecule has 2 aromatic carbocycles. The van der Waals surface area contributed by atoms with Crippen LogP contribution in [0.3, 0.4) is 0 Å². The Bertz CT molecular complexity index is 843. The number of nitro benzene ring substituents is 1. The minimum absolute atomic E-state index is 0.136. The van der Waals surface area contributed by atoms with Crippen LogP contribution in [0.15, 0.2) is 36.4 Å². The molecule has 0 unspecified atom stereocenters. The van der Waals surface area contributed by atoms with Crippen molar-refractivity contribution in [3.63, 3.8) is 0 Å². The smallest absolute Gasteiger partial charge is 0.277 e. The topological polar surface area (TPSA) is 94.6 Å². The van der Waals surface area contributed by atoms with Gasteiger partial charge in [-0.2, -0.15) is 5.26 Å². The average Bonchev–Trinajstić information content (AvgIpc) is 2.64. The number of hydrogen-bond donors (Lipinski definition) is 0. The van der Waals surface area contributed by atoms with Gasteiger partial charge in [0.05, 0.1) is 37.4 Å². The lowest BCUT2D eigenvalue weighted by Crippen LogP contribution is -1.96. The van der Waals surface area contributed by atoms with E-state index >= 15 is 0 Å². The molecule has 0 saturated carbocycles. The van der Waals surface area contributed by atoms with Crippen molar-refractivity contribution in [2.75, 3.05) is 21.3 Å². The molecule has 0 spiro atoms. The number of allylic oxidation sites excluding steroid dienone is 1. The van der Waals surface area contributed by atoms with Gasteiger partial charge in [-0.3, -0.25) is 10.1 Å². The molecule has 0 aliphatic rings. The molecule has 2 aromatic rings. The quantitative estimate of drug-likeness (QED) is 0.344. The molecule has 2 rings (SSSR count). The first-order chi connectivity index (χ1) is 12.0. The van der Waals surface area contributed by atoms with Gasteiger partial charge in [0, 0.05) is 6.07 Å². The summed E-state index contributed by atoms with van der Waals surface area (Å²) in [6.45, 7) is 0. The minimum Gasteiger partial charge on any atom is -0.493 e. The Balaban J connectivity index is 2.62. The average molecular weight is 340 g/mol. The van der Waals surface area contributed by atoms with Gasteiger partial charge < -0.3 is 14.2 Å². The summed E-state index contributed by atoms with van der Waals surface area (Å²) in [4.78, 5) is 10.7. The summed E-state index contributed by atoms with van der Waals surface area (Å²) < 4.78 is 15.8. The zero-order valence-corrected chi connectivity index (χ0v) is 14.0. The van der Waals surface area contributed by atoms with Gasteiger partial charge in [-0.15, -0.1) is 0 Å². The summed E-state index contributed by atoms with van der Waals surface area (Å²) in [5, 5.41) is 20.7. The van der Waals surface area contributed by atoms with Crippen molar-refractivity contribution in [3.8, 4) is 23.3 Å². The van der Waals surface area contributed by atoms with E-state index in [2.05, 4.69) is 0 Å². The standard InChI is InChI=1S/C18H16N2O5/c1-23-16-9-12(10-17(24-2)18(16)25-3)8-13(11-19)14-6-4-5-7-15(14)20(21)22/h4-10H,1-3H3. The van der Waals surface area contributed by atoms with Crippen molar-refractivity contribution in [2.24, 2.45) is 0 Å². The highest BCUT2D eigenvalue weighted by Crippen LogP contribution is 2.39. The highest BCUT2D eigenvalue weighted by atomic mass is 16.6. The number of ether oxygens (including phenoxy) is 3. The van der Waals surface area contributed by atoms with E-state index < -0.39 is 4.92 Å². The Morgan fingerprint density at radius 3 is 2.20 bits per heavy atom. The third-order valence-electron chi connectivity index (χ3n) is 3.51.